The van der Waals surface area contributed by atoms with Crippen LogP contribution >= 0.6 is 11.8 Å². The molecule has 0 radical (unpaired) electrons. The number of benzene rings is 1. The van der Waals surface area contributed by atoms with Crippen molar-refractivity contribution in [2.75, 3.05) is 17.2 Å². The van der Waals surface area contributed by atoms with Gasteiger partial charge in [0.25, 0.3) is 0 Å². The number of nitrogens with zero attached hydrogens (tertiary/aromatic N) is 1. The lowest BCUT2D eigenvalue weighted by atomic mass is 10.1. The second-order valence-corrected chi connectivity index (χ2v) is 7.00. The van der Waals surface area contributed by atoms with E-state index in [1.165, 1.54) is 11.8 Å². The van der Waals surface area contributed by atoms with Crippen LogP contribution < -0.4 is 10.2 Å². The zero-order valence-corrected chi connectivity index (χ0v) is 13.9. The molecule has 6 heteroatoms. The van der Waals surface area contributed by atoms with E-state index < -0.39 is 0 Å². The van der Waals surface area contributed by atoms with Crippen LogP contribution in [0.4, 0.5) is 5.69 Å². The molecule has 2 aliphatic heterocycles. The highest BCUT2D eigenvalue weighted by molar-refractivity contribution is 8.14. The van der Waals surface area contributed by atoms with Crippen LogP contribution in [0.5, 0.6) is 0 Å². The number of amides is 2. The van der Waals surface area contributed by atoms with Crippen LogP contribution in [0.25, 0.3) is 0 Å². The summed E-state index contributed by atoms with van der Waals surface area (Å²) >= 11 is 1.26. The Morgan fingerprint density at radius 1 is 1.35 bits per heavy atom. The maximum atomic E-state index is 12.4. The molecule has 2 fully saturated rings. The third-order valence-corrected chi connectivity index (χ3v) is 5.42. The molecule has 1 aromatic carbocycles. The number of anilines is 1. The van der Waals surface area contributed by atoms with E-state index in [0.717, 1.165) is 23.4 Å². The van der Waals surface area contributed by atoms with Gasteiger partial charge in [-0.15, -0.1) is 0 Å². The highest BCUT2D eigenvalue weighted by Gasteiger charge is 2.37. The summed E-state index contributed by atoms with van der Waals surface area (Å²) in [4.78, 5) is 38.0. The minimum atomic E-state index is -0.389. The van der Waals surface area contributed by atoms with Gasteiger partial charge in [0.2, 0.25) is 16.9 Å². The quantitative estimate of drug-likeness (QED) is 0.912. The maximum Gasteiger partial charge on any atom is 0.227 e. The molecule has 2 atom stereocenters. The Morgan fingerprint density at radius 2 is 2.13 bits per heavy atom. The Hall–Kier alpha value is -1.82. The van der Waals surface area contributed by atoms with Crippen molar-refractivity contribution in [3.8, 4) is 0 Å². The summed E-state index contributed by atoms with van der Waals surface area (Å²) < 4.78 is 0. The van der Waals surface area contributed by atoms with Crippen LogP contribution in [0.1, 0.15) is 25.3 Å². The maximum absolute atomic E-state index is 12.4. The summed E-state index contributed by atoms with van der Waals surface area (Å²) in [5.41, 5.74) is 1.99. The fourth-order valence-corrected chi connectivity index (χ4v) is 4.04. The van der Waals surface area contributed by atoms with Crippen molar-refractivity contribution < 1.29 is 14.4 Å². The predicted molar refractivity (Wildman–Crippen MR) is 90.3 cm³/mol. The van der Waals surface area contributed by atoms with E-state index in [4.69, 9.17) is 0 Å². The molecule has 2 aliphatic rings. The minimum Gasteiger partial charge on any atom is -0.345 e. The molecule has 2 amide bonds. The van der Waals surface area contributed by atoms with Gasteiger partial charge in [0.15, 0.2) is 0 Å². The Kier molecular flexibility index (Phi) is 4.71. The van der Waals surface area contributed by atoms with E-state index in [-0.39, 0.29) is 35.3 Å². The zero-order valence-electron chi connectivity index (χ0n) is 13.1. The third-order valence-electron chi connectivity index (χ3n) is 4.41. The Labute approximate surface area is 139 Å². The molecule has 1 N–H and O–H groups in total. The number of thioether (sulfide) groups is 1. The van der Waals surface area contributed by atoms with E-state index in [0.29, 0.717) is 13.0 Å². The molecule has 0 aliphatic carbocycles. The van der Waals surface area contributed by atoms with Crippen LogP contribution in [-0.2, 0) is 20.8 Å². The van der Waals surface area contributed by atoms with Crippen LogP contribution in [-0.4, -0.2) is 35.3 Å². The normalized spacial score (nSPS) is 24.3. The largest absolute Gasteiger partial charge is 0.345 e. The molecule has 0 bridgehead atoms. The third kappa shape index (κ3) is 3.27. The van der Waals surface area contributed by atoms with E-state index >= 15 is 0 Å². The first-order valence-corrected chi connectivity index (χ1v) is 8.94. The average molecular weight is 332 g/mol. The number of nitrogens with one attached hydrogen (secondary N) is 1. The summed E-state index contributed by atoms with van der Waals surface area (Å²) in [6.45, 7) is 2.43. The van der Waals surface area contributed by atoms with E-state index in [1.807, 2.05) is 31.2 Å². The lowest BCUT2D eigenvalue weighted by molar-refractivity contribution is -0.128. The van der Waals surface area contributed by atoms with Crippen molar-refractivity contribution in [3.05, 3.63) is 29.8 Å². The van der Waals surface area contributed by atoms with Gasteiger partial charge < -0.3 is 10.2 Å². The number of aryl methyl sites for hydroxylation is 1. The highest BCUT2D eigenvalue weighted by Crippen LogP contribution is 2.29. The molecular weight excluding hydrogens is 312 g/mol. The first kappa shape index (κ1) is 16.1. The SMILES string of the molecule is CCc1ccccc1N1C[C@H](C(=O)N[C@@H]2CCSC2=O)CC1=O. The van der Waals surface area contributed by atoms with E-state index in [2.05, 4.69) is 5.32 Å². The lowest BCUT2D eigenvalue weighted by Gasteiger charge is -2.20. The van der Waals surface area contributed by atoms with Gasteiger partial charge in [-0.1, -0.05) is 36.9 Å². The number of hydrogen-bond acceptors (Lipinski definition) is 4. The molecule has 3 rings (SSSR count). The second-order valence-electron chi connectivity index (χ2n) is 5.91. The molecule has 0 aromatic heterocycles. The van der Waals surface area contributed by atoms with Crippen molar-refractivity contribution in [3.63, 3.8) is 0 Å². The summed E-state index contributed by atoms with van der Waals surface area (Å²) in [6.07, 6.45) is 1.72. The second kappa shape index (κ2) is 6.74. The molecule has 0 spiro atoms. The molecular formula is C17H20N2O3S. The Bertz CT molecular complexity index is 646. The average Bonchev–Trinajstić information content (AvgIpc) is 3.13. The highest BCUT2D eigenvalue weighted by atomic mass is 32.2. The summed E-state index contributed by atoms with van der Waals surface area (Å²) in [7, 11) is 0. The van der Waals surface area contributed by atoms with Crippen molar-refractivity contribution in [2.45, 2.75) is 32.2 Å². The minimum absolute atomic E-state index is 0.0239. The van der Waals surface area contributed by atoms with Crippen molar-refractivity contribution >= 4 is 34.4 Å². The first-order chi connectivity index (χ1) is 11.1. The molecule has 0 saturated carbocycles. The molecule has 0 unspecified atom stereocenters. The van der Waals surface area contributed by atoms with Gasteiger partial charge in [0.05, 0.1) is 12.0 Å². The number of hydrogen-bond donors (Lipinski definition) is 1. The molecule has 1 aromatic rings. The Morgan fingerprint density at radius 3 is 2.83 bits per heavy atom. The van der Waals surface area contributed by atoms with Gasteiger partial charge in [-0.05, 0) is 24.5 Å². The van der Waals surface area contributed by atoms with Crippen molar-refractivity contribution in [2.24, 2.45) is 5.92 Å². The van der Waals surface area contributed by atoms with Crippen LogP contribution in [0.3, 0.4) is 0 Å². The zero-order chi connectivity index (χ0) is 16.4. The van der Waals surface area contributed by atoms with Crippen LogP contribution in [0.15, 0.2) is 24.3 Å². The lowest BCUT2D eigenvalue weighted by Crippen LogP contribution is -2.41. The van der Waals surface area contributed by atoms with Crippen molar-refractivity contribution in [1.82, 2.24) is 5.32 Å². The van der Waals surface area contributed by atoms with Gasteiger partial charge in [0, 0.05) is 24.4 Å². The van der Waals surface area contributed by atoms with Gasteiger partial charge in [-0.25, -0.2) is 0 Å². The summed E-state index contributed by atoms with van der Waals surface area (Å²) in [5.74, 6) is 0.156. The van der Waals surface area contributed by atoms with E-state index in [9.17, 15) is 14.4 Å². The fraction of sp³-hybridized carbons (Fsp3) is 0.471. The Balaban J connectivity index is 1.69. The number of rotatable bonds is 4. The van der Waals surface area contributed by atoms with Gasteiger partial charge in [-0.2, -0.15) is 0 Å². The van der Waals surface area contributed by atoms with Crippen LogP contribution in [0.2, 0.25) is 0 Å². The predicted octanol–water partition coefficient (Wildman–Crippen LogP) is 1.75. The van der Waals surface area contributed by atoms with Gasteiger partial charge in [-0.3, -0.25) is 14.4 Å². The summed E-state index contributed by atoms with van der Waals surface area (Å²) in [5, 5.41) is 2.83. The van der Waals surface area contributed by atoms with E-state index in [1.54, 1.807) is 4.90 Å². The molecule has 5 nitrogen and oxygen atoms in total. The van der Waals surface area contributed by atoms with Gasteiger partial charge in [0.1, 0.15) is 0 Å². The summed E-state index contributed by atoms with van der Waals surface area (Å²) in [6, 6.07) is 7.40. The fourth-order valence-electron chi connectivity index (χ4n) is 3.11. The van der Waals surface area contributed by atoms with Crippen LogP contribution in [0, 0.1) is 5.92 Å². The first-order valence-electron chi connectivity index (χ1n) is 7.95. The molecule has 2 saturated heterocycles. The van der Waals surface area contributed by atoms with Crippen molar-refractivity contribution in [1.29, 1.82) is 0 Å². The number of carbonyl (C=O) groups is 3. The molecule has 2 heterocycles. The topological polar surface area (TPSA) is 66.5 Å². The standard InChI is InChI=1S/C17H20N2O3S/c1-2-11-5-3-4-6-14(11)19-10-12(9-15(19)20)16(21)18-13-7-8-23-17(13)22/h3-6,12-13H,2,7-10H2,1H3,(H,18,21)/t12-,13-/m1/s1. The monoisotopic (exact) mass is 332 g/mol. The number of carbonyl (C=O) groups excluding carboxylic acids is 3. The number of para-hydroxylation sites is 1. The smallest absolute Gasteiger partial charge is 0.227 e. The molecule has 122 valence electrons. The van der Waals surface area contributed by atoms with Gasteiger partial charge >= 0.3 is 0 Å². The molecule has 23 heavy (non-hydrogen) atoms.